The van der Waals surface area contributed by atoms with Crippen molar-refractivity contribution in [3.8, 4) is 0 Å². The van der Waals surface area contributed by atoms with Crippen LogP contribution < -0.4 is 11.3 Å². The summed E-state index contributed by atoms with van der Waals surface area (Å²) in [5, 5.41) is 2.29. The van der Waals surface area contributed by atoms with Gasteiger partial charge in [0, 0.05) is 10.8 Å². The lowest BCUT2D eigenvalue weighted by molar-refractivity contribution is 0.526. The van der Waals surface area contributed by atoms with E-state index in [9.17, 15) is 9.59 Å². The molecule has 0 fully saturated rings. The van der Waals surface area contributed by atoms with E-state index >= 15 is 0 Å². The van der Waals surface area contributed by atoms with Crippen LogP contribution in [0.5, 0.6) is 0 Å². The van der Waals surface area contributed by atoms with Crippen molar-refractivity contribution in [3.63, 3.8) is 0 Å². The third-order valence-corrected chi connectivity index (χ3v) is 4.81. The van der Waals surface area contributed by atoms with Crippen molar-refractivity contribution in [2.75, 3.05) is 0 Å². The Morgan fingerprint density at radius 3 is 1.72 bits per heavy atom. The molecule has 0 N–H and O–H groups in total. The highest BCUT2D eigenvalue weighted by atomic mass is 16.4. The Kier molecular flexibility index (Phi) is 2.46. The summed E-state index contributed by atoms with van der Waals surface area (Å²) in [5.41, 5.74) is 1.15. The molecule has 0 aliphatic carbocycles. The van der Waals surface area contributed by atoms with Crippen LogP contribution >= 0.6 is 0 Å². The lowest BCUT2D eigenvalue weighted by Gasteiger charge is -2.20. The fraction of sp³-hybridized carbons (Fsp3) is 0.200. The van der Waals surface area contributed by atoms with Crippen LogP contribution in [0.25, 0.3) is 38.5 Å². The van der Waals surface area contributed by atoms with Crippen LogP contribution in [0.2, 0.25) is 0 Å². The second-order valence-corrected chi connectivity index (χ2v) is 7.44. The molecular formula is C20H15NO4. The highest BCUT2D eigenvalue weighted by molar-refractivity contribution is 6.09. The van der Waals surface area contributed by atoms with E-state index in [-0.39, 0.29) is 5.41 Å². The van der Waals surface area contributed by atoms with E-state index in [0.29, 0.717) is 27.7 Å². The maximum absolute atomic E-state index is 12.7. The maximum Gasteiger partial charge on any atom is 0.347 e. The van der Waals surface area contributed by atoms with Crippen LogP contribution in [-0.4, -0.2) is 4.40 Å². The van der Waals surface area contributed by atoms with Crippen LogP contribution in [0.4, 0.5) is 0 Å². The third-order valence-electron chi connectivity index (χ3n) is 4.81. The standard InChI is InChI=1S/C20H15NO4/c1-20(2,3)10-8-13-15-14(9-10)19(23)25-17-12-7-5-4-6-11(12)16(21(15)17)24-18(13)22/h4-9H,1-3H3. The molecule has 124 valence electrons. The van der Waals surface area contributed by atoms with Gasteiger partial charge in [-0.25, -0.2) is 14.0 Å². The molecule has 5 rings (SSSR count). The topological polar surface area (TPSA) is 64.8 Å². The van der Waals surface area contributed by atoms with Crippen LogP contribution in [0.3, 0.4) is 0 Å². The molecule has 0 amide bonds. The largest absolute Gasteiger partial charge is 0.404 e. The molecule has 2 aromatic carbocycles. The number of nitrogens with zero attached hydrogens (tertiary/aromatic N) is 1. The van der Waals surface area contributed by atoms with Gasteiger partial charge < -0.3 is 8.83 Å². The first-order chi connectivity index (χ1) is 11.9. The van der Waals surface area contributed by atoms with Gasteiger partial charge in [0.05, 0.1) is 16.3 Å². The Bertz CT molecular complexity index is 1310. The highest BCUT2D eigenvalue weighted by Crippen LogP contribution is 2.34. The SMILES string of the molecule is CC(C)(C)c1cc2c(=O)oc3c4ccccc4c4oc(=O)c(c1)c2n34. The van der Waals surface area contributed by atoms with Gasteiger partial charge >= 0.3 is 11.3 Å². The van der Waals surface area contributed by atoms with Gasteiger partial charge in [-0.3, -0.25) is 0 Å². The molecule has 25 heavy (non-hydrogen) atoms. The third kappa shape index (κ3) is 1.72. The summed E-state index contributed by atoms with van der Waals surface area (Å²) in [6.45, 7) is 6.10. The van der Waals surface area contributed by atoms with E-state index in [2.05, 4.69) is 0 Å². The van der Waals surface area contributed by atoms with Gasteiger partial charge in [0.1, 0.15) is 0 Å². The number of fused-ring (bicyclic) bond motifs is 3. The molecule has 0 saturated carbocycles. The van der Waals surface area contributed by atoms with Crippen molar-refractivity contribution >= 4 is 38.5 Å². The van der Waals surface area contributed by atoms with Crippen molar-refractivity contribution in [3.05, 3.63) is 62.8 Å². The quantitative estimate of drug-likeness (QED) is 0.429. The minimum absolute atomic E-state index is 0.214. The summed E-state index contributed by atoms with van der Waals surface area (Å²) in [6.07, 6.45) is 0. The molecule has 0 bridgehead atoms. The molecule has 3 heterocycles. The molecule has 5 nitrogen and oxygen atoms in total. The molecule has 0 radical (unpaired) electrons. The van der Waals surface area contributed by atoms with Gasteiger partial charge in [-0.2, -0.15) is 0 Å². The average Bonchev–Trinajstić information content (AvgIpc) is 2.88. The van der Waals surface area contributed by atoms with Crippen molar-refractivity contribution < 1.29 is 8.83 Å². The van der Waals surface area contributed by atoms with Gasteiger partial charge in [0.15, 0.2) is 0 Å². The molecule has 0 aliphatic heterocycles. The average molecular weight is 333 g/mol. The smallest absolute Gasteiger partial charge is 0.347 e. The lowest BCUT2D eigenvalue weighted by Crippen LogP contribution is -2.16. The van der Waals surface area contributed by atoms with Gasteiger partial charge in [-0.15, -0.1) is 0 Å². The van der Waals surface area contributed by atoms with Crippen molar-refractivity contribution in [2.24, 2.45) is 0 Å². The summed E-state index contributed by atoms with van der Waals surface area (Å²) in [5.74, 6) is 0. The monoisotopic (exact) mass is 333 g/mol. The predicted octanol–water partition coefficient (Wildman–Crippen LogP) is 4.04. The molecule has 3 aromatic heterocycles. The number of benzene rings is 2. The molecule has 0 saturated heterocycles. The Morgan fingerprint density at radius 1 is 0.800 bits per heavy atom. The first-order valence-corrected chi connectivity index (χ1v) is 8.13. The van der Waals surface area contributed by atoms with Crippen molar-refractivity contribution in [1.29, 1.82) is 0 Å². The second kappa shape index (κ2) is 4.30. The zero-order chi connectivity index (χ0) is 17.5. The maximum atomic E-state index is 12.7. The van der Waals surface area contributed by atoms with E-state index in [1.165, 1.54) is 0 Å². The zero-order valence-electron chi connectivity index (χ0n) is 14.0. The zero-order valence-corrected chi connectivity index (χ0v) is 14.0. The van der Waals surface area contributed by atoms with Crippen LogP contribution in [0.15, 0.2) is 54.8 Å². The lowest BCUT2D eigenvalue weighted by atomic mass is 9.86. The Morgan fingerprint density at radius 2 is 1.28 bits per heavy atom. The second-order valence-electron chi connectivity index (χ2n) is 7.44. The summed E-state index contributed by atoms with van der Waals surface area (Å²) in [6, 6.07) is 11.1. The minimum atomic E-state index is -0.445. The van der Waals surface area contributed by atoms with E-state index < -0.39 is 11.3 Å². The fourth-order valence-electron chi connectivity index (χ4n) is 3.50. The number of aromatic nitrogens is 1. The highest BCUT2D eigenvalue weighted by Gasteiger charge is 2.24. The van der Waals surface area contributed by atoms with Gasteiger partial charge in [-0.05, 0) is 35.2 Å². The summed E-state index contributed by atoms with van der Waals surface area (Å²) >= 11 is 0. The minimum Gasteiger partial charge on any atom is -0.404 e. The number of hydrogen-bond acceptors (Lipinski definition) is 4. The van der Waals surface area contributed by atoms with Crippen LogP contribution in [-0.2, 0) is 5.41 Å². The molecular weight excluding hydrogens is 318 g/mol. The normalized spacial score (nSPS) is 12.9. The first-order valence-electron chi connectivity index (χ1n) is 8.13. The van der Waals surface area contributed by atoms with Gasteiger partial charge in [-0.1, -0.05) is 32.9 Å². The fourth-order valence-corrected chi connectivity index (χ4v) is 3.50. The van der Waals surface area contributed by atoms with Crippen LogP contribution in [0.1, 0.15) is 26.3 Å². The molecule has 0 atom stereocenters. The predicted molar refractivity (Wildman–Crippen MR) is 96.9 cm³/mol. The van der Waals surface area contributed by atoms with Gasteiger partial charge in [0.2, 0.25) is 11.4 Å². The number of rotatable bonds is 0. The van der Waals surface area contributed by atoms with E-state index in [1.54, 1.807) is 4.40 Å². The molecule has 0 aliphatic rings. The van der Waals surface area contributed by atoms with E-state index in [1.807, 2.05) is 57.2 Å². The summed E-state index contributed by atoms with van der Waals surface area (Å²) in [4.78, 5) is 25.4. The Hall–Kier alpha value is -3.08. The van der Waals surface area contributed by atoms with E-state index in [4.69, 9.17) is 8.83 Å². The first kappa shape index (κ1) is 14.3. The van der Waals surface area contributed by atoms with Crippen molar-refractivity contribution in [1.82, 2.24) is 4.40 Å². The summed E-state index contributed by atoms with van der Waals surface area (Å²) < 4.78 is 13.0. The van der Waals surface area contributed by atoms with Gasteiger partial charge in [0.25, 0.3) is 0 Å². The van der Waals surface area contributed by atoms with Crippen LogP contribution in [0, 0.1) is 0 Å². The Labute approximate surface area is 141 Å². The number of hydrogen-bond donors (Lipinski definition) is 0. The van der Waals surface area contributed by atoms with E-state index in [0.717, 1.165) is 16.3 Å². The molecule has 5 heteroatoms. The molecule has 0 unspecified atom stereocenters. The molecule has 0 spiro atoms. The molecule has 5 aromatic rings. The Balaban J connectivity index is 2.18. The van der Waals surface area contributed by atoms with Crippen molar-refractivity contribution in [2.45, 2.75) is 26.2 Å². The summed E-state index contributed by atoms with van der Waals surface area (Å²) in [7, 11) is 0.